The Morgan fingerprint density at radius 2 is 2.14 bits per heavy atom. The number of benzene rings is 1. The van der Waals surface area contributed by atoms with Crippen LogP contribution in [-0.4, -0.2) is 31.3 Å². The Bertz CT molecular complexity index is 626. The number of ether oxygens (including phenoxy) is 1. The van der Waals surface area contributed by atoms with E-state index in [9.17, 15) is 0 Å². The first-order valence-corrected chi connectivity index (χ1v) is 8.53. The van der Waals surface area contributed by atoms with Crippen molar-refractivity contribution in [1.29, 1.82) is 0 Å². The smallest absolute Gasteiger partial charge is 0.0726 e. The number of anilines is 1. The summed E-state index contributed by atoms with van der Waals surface area (Å²) in [6, 6.07) is 10.8. The van der Waals surface area contributed by atoms with Gasteiger partial charge in [0.1, 0.15) is 0 Å². The minimum Gasteiger partial charge on any atom is -0.381 e. The fourth-order valence-corrected chi connectivity index (χ4v) is 3.36. The molecule has 1 atom stereocenters. The molecule has 1 aliphatic rings. The van der Waals surface area contributed by atoms with Gasteiger partial charge < -0.3 is 9.64 Å². The number of hydrogen-bond acceptors (Lipinski definition) is 3. The maximum Gasteiger partial charge on any atom is 0.0726 e. The van der Waals surface area contributed by atoms with E-state index < -0.39 is 0 Å². The van der Waals surface area contributed by atoms with Crippen LogP contribution in [0, 0.1) is 5.92 Å². The Morgan fingerprint density at radius 3 is 2.95 bits per heavy atom. The van der Waals surface area contributed by atoms with Crippen LogP contribution >= 0.6 is 0 Å². The molecule has 1 fully saturated rings. The molecule has 1 unspecified atom stereocenters. The summed E-state index contributed by atoms with van der Waals surface area (Å²) in [5, 5.41) is 1.27. The lowest BCUT2D eigenvalue weighted by Gasteiger charge is -2.35. The molecule has 0 radical (unpaired) electrons. The molecule has 2 heterocycles. The van der Waals surface area contributed by atoms with E-state index in [-0.39, 0.29) is 0 Å². The molecule has 1 saturated heterocycles. The van der Waals surface area contributed by atoms with Crippen molar-refractivity contribution in [1.82, 2.24) is 4.98 Å². The van der Waals surface area contributed by atoms with Crippen molar-refractivity contribution in [2.45, 2.75) is 33.1 Å². The third-order valence-corrected chi connectivity index (χ3v) is 4.53. The van der Waals surface area contributed by atoms with Crippen molar-refractivity contribution in [3.8, 4) is 0 Å². The van der Waals surface area contributed by atoms with Gasteiger partial charge in [0, 0.05) is 36.5 Å². The van der Waals surface area contributed by atoms with Gasteiger partial charge in [-0.05, 0) is 44.2 Å². The van der Waals surface area contributed by atoms with Crippen molar-refractivity contribution < 1.29 is 4.74 Å². The van der Waals surface area contributed by atoms with E-state index >= 15 is 0 Å². The van der Waals surface area contributed by atoms with E-state index in [2.05, 4.69) is 49.1 Å². The molecule has 1 aromatic heterocycles. The van der Waals surface area contributed by atoms with Crippen LogP contribution in [0.5, 0.6) is 0 Å². The lowest BCUT2D eigenvalue weighted by Crippen LogP contribution is -2.37. The number of para-hydroxylation sites is 1. The van der Waals surface area contributed by atoms with Crippen molar-refractivity contribution in [2.24, 2.45) is 5.92 Å². The van der Waals surface area contributed by atoms with E-state index in [4.69, 9.17) is 9.72 Å². The lowest BCUT2D eigenvalue weighted by molar-refractivity contribution is 0.104. The molecule has 0 aliphatic carbocycles. The van der Waals surface area contributed by atoms with E-state index in [0.29, 0.717) is 5.92 Å². The predicted octanol–water partition coefficient (Wildman–Crippen LogP) is 4.05. The molecule has 3 nitrogen and oxygen atoms in total. The summed E-state index contributed by atoms with van der Waals surface area (Å²) < 4.78 is 5.65. The first-order valence-electron chi connectivity index (χ1n) is 8.53. The van der Waals surface area contributed by atoms with Crippen LogP contribution in [0.15, 0.2) is 30.3 Å². The number of rotatable bonds is 5. The monoisotopic (exact) mass is 298 g/mol. The van der Waals surface area contributed by atoms with Gasteiger partial charge >= 0.3 is 0 Å². The predicted molar refractivity (Wildman–Crippen MR) is 92.6 cm³/mol. The van der Waals surface area contributed by atoms with Crippen LogP contribution in [0.3, 0.4) is 0 Å². The fraction of sp³-hybridized carbons (Fsp3) is 0.526. The van der Waals surface area contributed by atoms with Crippen molar-refractivity contribution in [3.05, 3.63) is 36.0 Å². The van der Waals surface area contributed by atoms with Crippen LogP contribution < -0.4 is 4.90 Å². The molecule has 3 heteroatoms. The van der Waals surface area contributed by atoms with Gasteiger partial charge in [0.15, 0.2) is 0 Å². The standard InChI is InChI=1S/C19H26N2O/c1-3-16-12-19(17-9-5-6-10-18(17)20-16)21-11-7-8-15(13-21)14-22-4-2/h5-6,9-10,12,15H,3-4,7-8,11,13-14H2,1-2H3. The number of hydrogen-bond donors (Lipinski definition) is 0. The molecule has 22 heavy (non-hydrogen) atoms. The normalized spacial score (nSPS) is 18.8. The molecule has 1 aliphatic heterocycles. The Hall–Kier alpha value is -1.61. The number of aryl methyl sites for hydroxylation is 1. The van der Waals surface area contributed by atoms with Gasteiger partial charge in [-0.3, -0.25) is 4.98 Å². The molecular weight excluding hydrogens is 272 g/mol. The quantitative estimate of drug-likeness (QED) is 0.832. The Morgan fingerprint density at radius 1 is 1.27 bits per heavy atom. The van der Waals surface area contributed by atoms with E-state index in [0.717, 1.165) is 38.2 Å². The SMILES string of the molecule is CCOCC1CCCN(c2cc(CC)nc3ccccc23)C1. The first kappa shape index (κ1) is 15.3. The van der Waals surface area contributed by atoms with E-state index in [1.165, 1.54) is 29.6 Å². The third kappa shape index (κ3) is 3.25. The summed E-state index contributed by atoms with van der Waals surface area (Å²) >= 11 is 0. The average Bonchev–Trinajstić information content (AvgIpc) is 2.59. The largest absolute Gasteiger partial charge is 0.381 e. The molecule has 2 aromatic rings. The summed E-state index contributed by atoms with van der Waals surface area (Å²) in [5.74, 6) is 0.644. The number of pyridine rings is 1. The van der Waals surface area contributed by atoms with Gasteiger partial charge in [0.2, 0.25) is 0 Å². The summed E-state index contributed by atoms with van der Waals surface area (Å²) in [4.78, 5) is 7.30. The highest BCUT2D eigenvalue weighted by atomic mass is 16.5. The van der Waals surface area contributed by atoms with Crippen molar-refractivity contribution in [3.63, 3.8) is 0 Å². The summed E-state index contributed by atoms with van der Waals surface area (Å²) in [6.45, 7) is 8.18. The maximum atomic E-state index is 5.65. The average molecular weight is 298 g/mol. The van der Waals surface area contributed by atoms with E-state index in [1.807, 2.05) is 0 Å². The second-order valence-electron chi connectivity index (χ2n) is 6.12. The maximum absolute atomic E-state index is 5.65. The van der Waals surface area contributed by atoms with Crippen LogP contribution in [0.4, 0.5) is 5.69 Å². The number of fused-ring (bicyclic) bond motifs is 1. The lowest BCUT2D eigenvalue weighted by atomic mass is 9.97. The second-order valence-corrected chi connectivity index (χ2v) is 6.12. The Kier molecular flexibility index (Phi) is 4.94. The highest BCUT2D eigenvalue weighted by molar-refractivity contribution is 5.92. The van der Waals surface area contributed by atoms with Crippen LogP contribution in [0.2, 0.25) is 0 Å². The zero-order valence-electron chi connectivity index (χ0n) is 13.7. The summed E-state index contributed by atoms with van der Waals surface area (Å²) in [7, 11) is 0. The molecule has 3 rings (SSSR count). The van der Waals surface area contributed by atoms with Gasteiger partial charge in [-0.1, -0.05) is 25.1 Å². The highest BCUT2D eigenvalue weighted by Gasteiger charge is 2.22. The zero-order chi connectivity index (χ0) is 15.4. The van der Waals surface area contributed by atoms with Crippen LogP contribution in [-0.2, 0) is 11.2 Å². The molecule has 0 saturated carbocycles. The Balaban J connectivity index is 1.91. The van der Waals surface area contributed by atoms with E-state index in [1.54, 1.807) is 0 Å². The van der Waals surface area contributed by atoms with Gasteiger partial charge in [0.05, 0.1) is 12.1 Å². The van der Waals surface area contributed by atoms with Crippen molar-refractivity contribution >= 4 is 16.6 Å². The number of piperidine rings is 1. The van der Waals surface area contributed by atoms with Gasteiger partial charge in [0.25, 0.3) is 0 Å². The van der Waals surface area contributed by atoms with Gasteiger partial charge in [-0.2, -0.15) is 0 Å². The highest BCUT2D eigenvalue weighted by Crippen LogP contribution is 2.30. The summed E-state index contributed by atoms with van der Waals surface area (Å²) in [5.41, 5.74) is 3.65. The number of nitrogens with zero attached hydrogens (tertiary/aromatic N) is 2. The topological polar surface area (TPSA) is 25.4 Å². The third-order valence-electron chi connectivity index (χ3n) is 4.53. The van der Waals surface area contributed by atoms with Crippen LogP contribution in [0.25, 0.3) is 10.9 Å². The second kappa shape index (κ2) is 7.10. The van der Waals surface area contributed by atoms with Crippen molar-refractivity contribution in [2.75, 3.05) is 31.2 Å². The molecule has 0 bridgehead atoms. The van der Waals surface area contributed by atoms with Gasteiger partial charge in [-0.15, -0.1) is 0 Å². The molecular formula is C19H26N2O. The summed E-state index contributed by atoms with van der Waals surface area (Å²) in [6.07, 6.45) is 3.50. The first-order chi connectivity index (χ1) is 10.8. The molecule has 0 spiro atoms. The molecule has 0 N–H and O–H groups in total. The fourth-order valence-electron chi connectivity index (χ4n) is 3.36. The molecule has 1 aromatic carbocycles. The minimum absolute atomic E-state index is 0.644. The zero-order valence-corrected chi connectivity index (χ0v) is 13.7. The minimum atomic E-state index is 0.644. The molecule has 0 amide bonds. The number of aromatic nitrogens is 1. The Labute approximate surface area is 133 Å². The van der Waals surface area contributed by atoms with Crippen LogP contribution in [0.1, 0.15) is 32.4 Å². The van der Waals surface area contributed by atoms with Gasteiger partial charge in [-0.25, -0.2) is 0 Å². The molecule has 118 valence electrons.